The molecule has 0 aromatic heterocycles. The highest BCUT2D eigenvalue weighted by molar-refractivity contribution is 6.21. The zero-order chi connectivity index (χ0) is 23.4. The zero-order valence-electron chi connectivity index (χ0n) is 17.5. The van der Waals surface area contributed by atoms with E-state index >= 15 is 0 Å². The summed E-state index contributed by atoms with van der Waals surface area (Å²) in [7, 11) is 0. The quantitative estimate of drug-likeness (QED) is 0.546. The fraction of sp³-hybridized carbons (Fsp3) is 0.120. The molecule has 1 aliphatic rings. The van der Waals surface area contributed by atoms with Crippen LogP contribution in [0.2, 0.25) is 0 Å². The smallest absolute Gasteiger partial charge is 0.337 e. The van der Waals surface area contributed by atoms with Crippen LogP contribution in [0.5, 0.6) is 0 Å². The molecule has 3 aromatic carbocycles. The Labute approximate surface area is 190 Å². The molecule has 0 aliphatic carbocycles. The summed E-state index contributed by atoms with van der Waals surface area (Å²) in [5, 5.41) is 13.9. The molecular weight excluding hydrogens is 422 g/mol. The van der Waals surface area contributed by atoms with E-state index in [-0.39, 0.29) is 24.1 Å². The van der Waals surface area contributed by atoms with Gasteiger partial charge < -0.3 is 10.4 Å². The SMILES string of the molecule is O=C(O)[C@H](Cc1ccccc1)NC(=O)N(Cc1ccccc1)N1C(=O)c2ccccc2C1=O. The molecule has 33 heavy (non-hydrogen) atoms. The van der Waals surface area contributed by atoms with Gasteiger partial charge in [0.2, 0.25) is 0 Å². The lowest BCUT2D eigenvalue weighted by Gasteiger charge is -2.31. The average Bonchev–Trinajstić information content (AvgIpc) is 3.08. The summed E-state index contributed by atoms with van der Waals surface area (Å²) < 4.78 is 0. The van der Waals surface area contributed by atoms with Crippen LogP contribution >= 0.6 is 0 Å². The number of carbonyl (C=O) groups is 4. The Morgan fingerprint density at radius 2 is 1.27 bits per heavy atom. The van der Waals surface area contributed by atoms with E-state index in [2.05, 4.69) is 5.32 Å². The number of hydrogen-bond acceptors (Lipinski definition) is 4. The second kappa shape index (κ2) is 9.35. The highest BCUT2D eigenvalue weighted by Gasteiger charge is 2.42. The van der Waals surface area contributed by atoms with Crippen molar-refractivity contribution >= 4 is 23.8 Å². The van der Waals surface area contributed by atoms with Crippen molar-refractivity contribution in [1.29, 1.82) is 0 Å². The van der Waals surface area contributed by atoms with Crippen molar-refractivity contribution in [3.8, 4) is 0 Å². The first-order valence-electron chi connectivity index (χ1n) is 10.3. The summed E-state index contributed by atoms with van der Waals surface area (Å²) in [4.78, 5) is 51.2. The van der Waals surface area contributed by atoms with E-state index in [1.54, 1.807) is 66.7 Å². The molecule has 0 saturated heterocycles. The van der Waals surface area contributed by atoms with Crippen LogP contribution in [0.25, 0.3) is 0 Å². The molecule has 0 saturated carbocycles. The summed E-state index contributed by atoms with van der Waals surface area (Å²) in [5.74, 6) is -2.51. The zero-order valence-corrected chi connectivity index (χ0v) is 17.5. The number of aliphatic carboxylic acids is 1. The van der Waals surface area contributed by atoms with E-state index in [0.717, 1.165) is 15.6 Å². The fourth-order valence-corrected chi connectivity index (χ4v) is 3.66. The van der Waals surface area contributed by atoms with Crippen molar-refractivity contribution in [2.45, 2.75) is 19.0 Å². The maximum absolute atomic E-state index is 13.3. The molecule has 0 bridgehead atoms. The van der Waals surface area contributed by atoms with Gasteiger partial charge in [-0.15, -0.1) is 0 Å². The number of imide groups is 1. The van der Waals surface area contributed by atoms with Gasteiger partial charge in [-0.1, -0.05) is 72.8 Å². The Bertz CT molecular complexity index is 1160. The minimum absolute atomic E-state index is 0.0448. The molecule has 3 aromatic rings. The average molecular weight is 443 g/mol. The first-order valence-corrected chi connectivity index (χ1v) is 10.3. The van der Waals surface area contributed by atoms with Crippen LogP contribution in [0.1, 0.15) is 31.8 Å². The third-order valence-electron chi connectivity index (χ3n) is 5.30. The molecule has 4 rings (SSSR count). The molecule has 8 nitrogen and oxygen atoms in total. The van der Waals surface area contributed by atoms with E-state index in [0.29, 0.717) is 5.56 Å². The van der Waals surface area contributed by atoms with Crippen molar-refractivity contribution in [1.82, 2.24) is 15.3 Å². The maximum Gasteiger partial charge on any atom is 0.337 e. The third kappa shape index (κ3) is 4.59. The van der Waals surface area contributed by atoms with Gasteiger partial charge in [0.15, 0.2) is 0 Å². The molecule has 4 amide bonds. The van der Waals surface area contributed by atoms with E-state index < -0.39 is 29.9 Å². The van der Waals surface area contributed by atoms with Crippen molar-refractivity contribution in [2.24, 2.45) is 0 Å². The van der Waals surface area contributed by atoms with Crippen LogP contribution in [-0.4, -0.2) is 45.0 Å². The number of carboxylic acid groups (broad SMARTS) is 1. The number of urea groups is 1. The van der Waals surface area contributed by atoms with Crippen molar-refractivity contribution in [3.63, 3.8) is 0 Å². The van der Waals surface area contributed by atoms with Gasteiger partial charge in [-0.2, -0.15) is 5.01 Å². The Kier molecular flexibility index (Phi) is 6.17. The molecule has 8 heteroatoms. The number of carboxylic acids is 1. The van der Waals surface area contributed by atoms with Gasteiger partial charge in [-0.3, -0.25) is 9.59 Å². The van der Waals surface area contributed by atoms with Gasteiger partial charge in [0.25, 0.3) is 11.8 Å². The number of hydrazine groups is 1. The van der Waals surface area contributed by atoms with E-state index in [1.807, 2.05) is 6.07 Å². The number of nitrogens with one attached hydrogen (secondary N) is 1. The fourth-order valence-electron chi connectivity index (χ4n) is 3.66. The predicted molar refractivity (Wildman–Crippen MR) is 119 cm³/mol. The van der Waals surface area contributed by atoms with E-state index in [9.17, 15) is 24.3 Å². The molecule has 1 aliphatic heterocycles. The second-order valence-corrected chi connectivity index (χ2v) is 7.54. The number of rotatable bonds is 7. The third-order valence-corrected chi connectivity index (χ3v) is 5.30. The molecule has 0 fully saturated rings. The predicted octanol–water partition coefficient (Wildman–Crippen LogP) is 3.11. The summed E-state index contributed by atoms with van der Waals surface area (Å²) in [5.41, 5.74) is 1.76. The van der Waals surface area contributed by atoms with Gasteiger partial charge in [-0.05, 0) is 23.3 Å². The van der Waals surface area contributed by atoms with Gasteiger partial charge in [-0.25, -0.2) is 14.6 Å². The summed E-state index contributed by atoms with van der Waals surface area (Å²) >= 11 is 0. The first-order chi connectivity index (χ1) is 16.0. The number of nitrogens with zero attached hydrogens (tertiary/aromatic N) is 2. The topological polar surface area (TPSA) is 107 Å². The highest BCUT2D eigenvalue weighted by atomic mass is 16.4. The Morgan fingerprint density at radius 1 is 0.788 bits per heavy atom. The lowest BCUT2D eigenvalue weighted by Crippen LogP contribution is -2.56. The van der Waals surface area contributed by atoms with Crippen molar-refractivity contribution < 1.29 is 24.3 Å². The molecule has 2 N–H and O–H groups in total. The number of benzene rings is 3. The van der Waals surface area contributed by atoms with Gasteiger partial charge in [0.05, 0.1) is 17.7 Å². The monoisotopic (exact) mass is 443 g/mol. The van der Waals surface area contributed by atoms with Crippen LogP contribution in [0.3, 0.4) is 0 Å². The number of carbonyl (C=O) groups excluding carboxylic acids is 3. The van der Waals surface area contributed by atoms with E-state index in [1.165, 1.54) is 12.1 Å². The van der Waals surface area contributed by atoms with Crippen LogP contribution in [0.15, 0.2) is 84.9 Å². The number of hydrogen-bond donors (Lipinski definition) is 2. The normalized spacial score (nSPS) is 13.4. The van der Waals surface area contributed by atoms with Crippen molar-refractivity contribution in [2.75, 3.05) is 0 Å². The highest BCUT2D eigenvalue weighted by Crippen LogP contribution is 2.25. The second-order valence-electron chi connectivity index (χ2n) is 7.54. The van der Waals surface area contributed by atoms with Crippen LogP contribution in [0.4, 0.5) is 4.79 Å². The molecule has 0 unspecified atom stereocenters. The van der Waals surface area contributed by atoms with Crippen LogP contribution in [0, 0.1) is 0 Å². The largest absolute Gasteiger partial charge is 0.480 e. The lowest BCUT2D eigenvalue weighted by atomic mass is 10.1. The molecule has 0 spiro atoms. The van der Waals surface area contributed by atoms with Gasteiger partial charge in [0, 0.05) is 6.42 Å². The van der Waals surface area contributed by atoms with Crippen LogP contribution < -0.4 is 5.32 Å². The first kappa shape index (κ1) is 21.8. The molecular formula is C25H21N3O5. The standard InChI is InChI=1S/C25H21N3O5/c29-22-19-13-7-8-14-20(19)23(30)28(22)27(16-18-11-5-2-6-12-18)25(33)26-21(24(31)32)15-17-9-3-1-4-10-17/h1-14,21H,15-16H2,(H,26,33)(H,31,32)/t21-/m0/s1. The van der Waals surface area contributed by atoms with Crippen molar-refractivity contribution in [3.05, 3.63) is 107 Å². The maximum atomic E-state index is 13.3. The minimum atomic E-state index is -1.26. The van der Waals surface area contributed by atoms with Crippen LogP contribution in [-0.2, 0) is 17.8 Å². The number of fused-ring (bicyclic) bond motifs is 1. The van der Waals surface area contributed by atoms with Gasteiger partial charge >= 0.3 is 12.0 Å². The van der Waals surface area contributed by atoms with E-state index in [4.69, 9.17) is 0 Å². The summed E-state index contributed by atoms with van der Waals surface area (Å²) in [6.07, 6.45) is 0.0448. The van der Waals surface area contributed by atoms with Gasteiger partial charge in [0.1, 0.15) is 6.04 Å². The Hall–Kier alpha value is -4.46. The molecule has 0 radical (unpaired) electrons. The number of amides is 4. The lowest BCUT2D eigenvalue weighted by molar-refractivity contribution is -0.139. The summed E-state index contributed by atoms with van der Waals surface area (Å²) in [6.45, 7) is -0.101. The summed E-state index contributed by atoms with van der Waals surface area (Å²) in [6, 6.07) is 21.9. The minimum Gasteiger partial charge on any atom is -0.480 e. The Balaban J connectivity index is 1.63. The Morgan fingerprint density at radius 3 is 1.79 bits per heavy atom. The molecule has 1 atom stereocenters. The molecule has 1 heterocycles. The molecule has 166 valence electrons.